The highest BCUT2D eigenvalue weighted by molar-refractivity contribution is 5.91. The molecular weight excluding hydrogens is 258 g/mol. The Morgan fingerprint density at radius 3 is 2.81 bits per heavy atom. The van der Waals surface area contributed by atoms with Crippen LogP contribution in [0.2, 0.25) is 0 Å². The van der Waals surface area contributed by atoms with Crippen molar-refractivity contribution >= 4 is 16.6 Å². The van der Waals surface area contributed by atoms with Crippen LogP contribution in [0.4, 0.5) is 5.69 Å². The van der Waals surface area contributed by atoms with Crippen molar-refractivity contribution in [2.24, 2.45) is 11.7 Å². The molecule has 1 aromatic heterocycles. The number of pyridine rings is 1. The van der Waals surface area contributed by atoms with E-state index in [9.17, 15) is 0 Å². The van der Waals surface area contributed by atoms with Crippen molar-refractivity contribution < 1.29 is 0 Å². The van der Waals surface area contributed by atoms with Gasteiger partial charge in [-0.1, -0.05) is 31.0 Å². The van der Waals surface area contributed by atoms with E-state index in [0.29, 0.717) is 12.0 Å². The number of hydrogen-bond acceptors (Lipinski definition) is 3. The van der Waals surface area contributed by atoms with Crippen molar-refractivity contribution in [1.29, 1.82) is 0 Å². The van der Waals surface area contributed by atoms with Crippen molar-refractivity contribution in [3.05, 3.63) is 36.5 Å². The second kappa shape index (κ2) is 6.44. The van der Waals surface area contributed by atoms with Gasteiger partial charge in [-0.25, -0.2) is 0 Å². The molecule has 1 heterocycles. The number of benzene rings is 1. The number of para-hydroxylation sites is 1. The van der Waals surface area contributed by atoms with Gasteiger partial charge in [0, 0.05) is 29.9 Å². The van der Waals surface area contributed by atoms with Crippen LogP contribution in [0.5, 0.6) is 0 Å². The Labute approximate surface area is 127 Å². The van der Waals surface area contributed by atoms with E-state index in [1.807, 2.05) is 6.20 Å². The molecule has 1 saturated carbocycles. The molecule has 2 unspecified atom stereocenters. The molecule has 21 heavy (non-hydrogen) atoms. The van der Waals surface area contributed by atoms with Gasteiger partial charge in [-0.2, -0.15) is 0 Å². The van der Waals surface area contributed by atoms with Crippen molar-refractivity contribution in [2.75, 3.05) is 18.0 Å². The van der Waals surface area contributed by atoms with E-state index in [1.165, 1.54) is 36.8 Å². The molecule has 1 aliphatic carbocycles. The van der Waals surface area contributed by atoms with E-state index >= 15 is 0 Å². The Morgan fingerprint density at radius 1 is 1.19 bits per heavy atom. The first-order valence-corrected chi connectivity index (χ1v) is 8.15. The zero-order valence-electron chi connectivity index (χ0n) is 12.8. The number of aromatic nitrogens is 1. The molecule has 0 spiro atoms. The second-order valence-electron chi connectivity index (χ2n) is 5.98. The van der Waals surface area contributed by atoms with Gasteiger partial charge < -0.3 is 10.6 Å². The van der Waals surface area contributed by atoms with Crippen molar-refractivity contribution in [3.63, 3.8) is 0 Å². The molecule has 1 aliphatic rings. The van der Waals surface area contributed by atoms with Gasteiger partial charge >= 0.3 is 0 Å². The van der Waals surface area contributed by atoms with Crippen molar-refractivity contribution in [2.45, 2.75) is 38.6 Å². The second-order valence-corrected chi connectivity index (χ2v) is 5.98. The summed E-state index contributed by atoms with van der Waals surface area (Å²) >= 11 is 0. The maximum atomic E-state index is 6.04. The Morgan fingerprint density at radius 2 is 2.00 bits per heavy atom. The normalized spacial score (nSPS) is 22.4. The standard InChI is InChI=1S/C18H25N3/c1-2-21(17-10-6-3-7-14(17)13-19)18-11-12-20-16-9-5-4-8-15(16)18/h4-5,8-9,11-12,14,17H,2-3,6-7,10,13,19H2,1H3. The summed E-state index contributed by atoms with van der Waals surface area (Å²) < 4.78 is 0. The quantitative estimate of drug-likeness (QED) is 0.932. The first-order chi connectivity index (χ1) is 10.3. The van der Waals surface area contributed by atoms with Crippen LogP contribution in [0.1, 0.15) is 32.6 Å². The summed E-state index contributed by atoms with van der Waals surface area (Å²) in [7, 11) is 0. The average molecular weight is 283 g/mol. The van der Waals surface area contributed by atoms with E-state index in [4.69, 9.17) is 5.73 Å². The van der Waals surface area contributed by atoms with Gasteiger partial charge in [0.2, 0.25) is 0 Å². The predicted molar refractivity (Wildman–Crippen MR) is 89.6 cm³/mol. The summed E-state index contributed by atoms with van der Waals surface area (Å²) in [5, 5.41) is 1.25. The number of rotatable bonds is 4. The molecule has 0 amide bonds. The zero-order valence-corrected chi connectivity index (χ0v) is 12.8. The Bertz CT molecular complexity index is 591. The zero-order chi connectivity index (χ0) is 14.7. The van der Waals surface area contributed by atoms with Crippen LogP contribution in [0.15, 0.2) is 36.5 Å². The lowest BCUT2D eigenvalue weighted by Crippen LogP contribution is -2.45. The van der Waals surface area contributed by atoms with Crippen LogP contribution in [-0.4, -0.2) is 24.1 Å². The monoisotopic (exact) mass is 283 g/mol. The fraction of sp³-hybridized carbons (Fsp3) is 0.500. The highest BCUT2D eigenvalue weighted by Crippen LogP contribution is 2.34. The van der Waals surface area contributed by atoms with Gasteiger partial charge in [-0.3, -0.25) is 4.98 Å². The van der Waals surface area contributed by atoms with E-state index in [1.54, 1.807) is 0 Å². The van der Waals surface area contributed by atoms with E-state index < -0.39 is 0 Å². The van der Waals surface area contributed by atoms with Gasteiger partial charge in [-0.15, -0.1) is 0 Å². The minimum atomic E-state index is 0.569. The minimum Gasteiger partial charge on any atom is -0.368 e. The summed E-state index contributed by atoms with van der Waals surface area (Å²) in [5.74, 6) is 0.616. The minimum absolute atomic E-state index is 0.569. The Hall–Kier alpha value is -1.61. The fourth-order valence-corrected chi connectivity index (χ4v) is 3.79. The molecule has 0 saturated heterocycles. The third-order valence-electron chi connectivity index (χ3n) is 4.85. The summed E-state index contributed by atoms with van der Waals surface area (Å²) in [4.78, 5) is 7.05. The van der Waals surface area contributed by atoms with Gasteiger partial charge in [0.15, 0.2) is 0 Å². The summed E-state index contributed by atoms with van der Waals surface area (Å²) in [6.45, 7) is 4.07. The van der Waals surface area contributed by atoms with E-state index in [-0.39, 0.29) is 0 Å². The van der Waals surface area contributed by atoms with Crippen LogP contribution in [0.25, 0.3) is 10.9 Å². The average Bonchev–Trinajstić information content (AvgIpc) is 2.56. The van der Waals surface area contributed by atoms with Crippen LogP contribution >= 0.6 is 0 Å². The maximum Gasteiger partial charge on any atom is 0.0722 e. The number of hydrogen-bond donors (Lipinski definition) is 1. The van der Waals surface area contributed by atoms with Gasteiger partial charge in [-0.05, 0) is 44.4 Å². The Balaban J connectivity index is 2.01. The fourth-order valence-electron chi connectivity index (χ4n) is 3.79. The van der Waals surface area contributed by atoms with Crippen LogP contribution in [-0.2, 0) is 0 Å². The molecule has 3 heteroatoms. The van der Waals surface area contributed by atoms with Crippen molar-refractivity contribution in [3.8, 4) is 0 Å². The number of fused-ring (bicyclic) bond motifs is 1. The molecule has 2 atom stereocenters. The third-order valence-corrected chi connectivity index (χ3v) is 4.85. The molecule has 2 aromatic rings. The predicted octanol–water partition coefficient (Wildman–Crippen LogP) is 3.58. The first kappa shape index (κ1) is 14.3. The molecule has 3 rings (SSSR count). The highest BCUT2D eigenvalue weighted by atomic mass is 15.2. The molecule has 3 nitrogen and oxygen atoms in total. The summed E-state index contributed by atoms with van der Waals surface area (Å²) in [6, 6.07) is 11.2. The van der Waals surface area contributed by atoms with Crippen molar-refractivity contribution in [1.82, 2.24) is 4.98 Å². The topological polar surface area (TPSA) is 42.2 Å². The molecule has 1 aromatic carbocycles. The molecule has 0 aliphatic heterocycles. The van der Waals surface area contributed by atoms with E-state index in [2.05, 4.69) is 47.1 Å². The van der Waals surface area contributed by atoms with Crippen LogP contribution in [0, 0.1) is 5.92 Å². The Kier molecular flexibility index (Phi) is 4.39. The summed E-state index contributed by atoms with van der Waals surface area (Å²) in [6.07, 6.45) is 7.10. The van der Waals surface area contributed by atoms with Crippen LogP contribution < -0.4 is 10.6 Å². The molecule has 0 bridgehead atoms. The maximum absolute atomic E-state index is 6.04. The molecule has 0 radical (unpaired) electrons. The number of anilines is 1. The lowest BCUT2D eigenvalue weighted by molar-refractivity contribution is 0.301. The first-order valence-electron chi connectivity index (χ1n) is 8.15. The lowest BCUT2D eigenvalue weighted by Gasteiger charge is -2.41. The third kappa shape index (κ3) is 2.75. The van der Waals surface area contributed by atoms with Gasteiger partial charge in [0.25, 0.3) is 0 Å². The highest BCUT2D eigenvalue weighted by Gasteiger charge is 2.29. The largest absolute Gasteiger partial charge is 0.368 e. The van der Waals surface area contributed by atoms with Gasteiger partial charge in [0.05, 0.1) is 5.52 Å². The molecule has 1 fully saturated rings. The van der Waals surface area contributed by atoms with E-state index in [0.717, 1.165) is 18.6 Å². The SMILES string of the molecule is CCN(c1ccnc2ccccc12)C1CCCCC1CN. The molecule has 2 N–H and O–H groups in total. The smallest absolute Gasteiger partial charge is 0.0722 e. The molecule has 112 valence electrons. The summed E-state index contributed by atoms with van der Waals surface area (Å²) in [5.41, 5.74) is 8.43. The number of nitrogens with two attached hydrogens (primary N) is 1. The molecular formula is C18H25N3. The van der Waals surface area contributed by atoms with Gasteiger partial charge in [0.1, 0.15) is 0 Å². The van der Waals surface area contributed by atoms with Crippen LogP contribution in [0.3, 0.4) is 0 Å². The lowest BCUT2D eigenvalue weighted by atomic mass is 9.83. The number of nitrogens with zero attached hydrogens (tertiary/aromatic N) is 2.